The second kappa shape index (κ2) is 10.6. The number of amides is 3. The van der Waals surface area contributed by atoms with Crippen molar-refractivity contribution in [3.8, 4) is 11.1 Å². The van der Waals surface area contributed by atoms with Crippen LogP contribution in [0.1, 0.15) is 60.9 Å². The molecule has 6 nitrogen and oxygen atoms in total. The van der Waals surface area contributed by atoms with Gasteiger partial charge in [-0.1, -0.05) is 42.5 Å². The van der Waals surface area contributed by atoms with Crippen molar-refractivity contribution in [3.05, 3.63) is 88.7 Å². The van der Waals surface area contributed by atoms with E-state index in [-0.39, 0.29) is 30.3 Å². The van der Waals surface area contributed by atoms with Crippen LogP contribution in [-0.2, 0) is 30.5 Å². The number of fused-ring (bicyclic) bond motifs is 1. The van der Waals surface area contributed by atoms with E-state index in [0.29, 0.717) is 30.6 Å². The number of urea groups is 1. The smallest absolute Gasteiger partial charge is 0.352 e. The van der Waals surface area contributed by atoms with Gasteiger partial charge in [-0.25, -0.2) is 4.79 Å². The van der Waals surface area contributed by atoms with E-state index in [9.17, 15) is 22.8 Å². The Morgan fingerprint density at radius 1 is 1.02 bits per heavy atom. The number of alkyl halides is 3. The van der Waals surface area contributed by atoms with Crippen LogP contribution in [0.2, 0.25) is 0 Å². The molecule has 2 atom stereocenters. The average molecular weight is 551 g/mol. The molecule has 9 heteroatoms. The number of nitrogens with zero attached hydrogens (tertiary/aromatic N) is 2. The second-order valence-corrected chi connectivity index (χ2v) is 11.6. The average Bonchev–Trinajstić information content (AvgIpc) is 3.72. The monoisotopic (exact) mass is 550 g/mol. The van der Waals surface area contributed by atoms with Gasteiger partial charge in [-0.15, -0.1) is 0 Å². The SMILES string of the molecule is CC(C)(C)NC(=O)N1CCc2c(-c3cncc(C(F)(F)F)c3)ccc(CNC(=O)C3C[C@H]3c3ccccc3)c2C1. The number of hydrogen-bond donors (Lipinski definition) is 2. The highest BCUT2D eigenvalue weighted by Gasteiger charge is 2.43. The first kappa shape index (κ1) is 27.7. The van der Waals surface area contributed by atoms with E-state index in [0.717, 1.165) is 40.9 Å². The topological polar surface area (TPSA) is 74.3 Å². The minimum Gasteiger partial charge on any atom is -0.352 e. The summed E-state index contributed by atoms with van der Waals surface area (Å²) in [7, 11) is 0. The van der Waals surface area contributed by atoms with Crippen molar-refractivity contribution in [2.75, 3.05) is 6.54 Å². The Hall–Kier alpha value is -3.88. The first-order valence-electron chi connectivity index (χ1n) is 13.5. The molecule has 2 heterocycles. The number of halogens is 3. The molecule has 2 N–H and O–H groups in total. The number of nitrogens with one attached hydrogen (secondary N) is 2. The summed E-state index contributed by atoms with van der Waals surface area (Å²) in [5.74, 6) is 0.108. The molecule has 5 rings (SSSR count). The van der Waals surface area contributed by atoms with Gasteiger partial charge in [-0.05, 0) is 73.4 Å². The third-order valence-electron chi connectivity index (χ3n) is 7.46. The van der Waals surface area contributed by atoms with Crippen LogP contribution < -0.4 is 10.6 Å². The molecule has 3 amide bonds. The summed E-state index contributed by atoms with van der Waals surface area (Å²) in [6, 6.07) is 14.5. The fourth-order valence-electron chi connectivity index (χ4n) is 5.36. The van der Waals surface area contributed by atoms with Crippen LogP contribution in [0.3, 0.4) is 0 Å². The van der Waals surface area contributed by atoms with E-state index < -0.39 is 17.3 Å². The predicted molar refractivity (Wildman–Crippen MR) is 146 cm³/mol. The van der Waals surface area contributed by atoms with E-state index in [2.05, 4.69) is 15.6 Å². The van der Waals surface area contributed by atoms with Gasteiger partial charge in [0.2, 0.25) is 5.91 Å². The zero-order chi connectivity index (χ0) is 28.7. The van der Waals surface area contributed by atoms with Crippen LogP contribution in [0.4, 0.5) is 18.0 Å². The van der Waals surface area contributed by atoms with Crippen LogP contribution >= 0.6 is 0 Å². The van der Waals surface area contributed by atoms with E-state index in [1.165, 1.54) is 6.20 Å². The minimum atomic E-state index is -4.50. The highest BCUT2D eigenvalue weighted by molar-refractivity contribution is 5.83. The molecule has 3 aromatic rings. The number of aromatic nitrogens is 1. The third kappa shape index (κ3) is 6.13. The maximum absolute atomic E-state index is 13.4. The van der Waals surface area contributed by atoms with Crippen LogP contribution in [0.5, 0.6) is 0 Å². The summed E-state index contributed by atoms with van der Waals surface area (Å²) in [6.07, 6.45) is -0.981. The lowest BCUT2D eigenvalue weighted by Crippen LogP contribution is -2.50. The first-order valence-corrected chi connectivity index (χ1v) is 13.5. The molecular formula is C31H33F3N4O2. The fraction of sp³-hybridized carbons (Fsp3) is 0.387. The van der Waals surface area contributed by atoms with Gasteiger partial charge in [0.15, 0.2) is 0 Å². The second-order valence-electron chi connectivity index (χ2n) is 11.6. The van der Waals surface area contributed by atoms with Crippen LogP contribution in [0.15, 0.2) is 60.9 Å². The zero-order valence-corrected chi connectivity index (χ0v) is 22.8. The third-order valence-corrected chi connectivity index (χ3v) is 7.46. The first-order chi connectivity index (χ1) is 18.9. The lowest BCUT2D eigenvalue weighted by molar-refractivity contribution is -0.137. The Morgan fingerprint density at radius 3 is 2.48 bits per heavy atom. The lowest BCUT2D eigenvalue weighted by Gasteiger charge is -2.34. The molecule has 1 fully saturated rings. The summed E-state index contributed by atoms with van der Waals surface area (Å²) in [4.78, 5) is 31.5. The van der Waals surface area contributed by atoms with E-state index in [1.807, 2.05) is 57.2 Å². The molecule has 1 aliphatic heterocycles. The largest absolute Gasteiger partial charge is 0.417 e. The van der Waals surface area contributed by atoms with E-state index >= 15 is 0 Å². The molecular weight excluding hydrogens is 517 g/mol. The van der Waals surface area contributed by atoms with Crippen molar-refractivity contribution in [1.29, 1.82) is 0 Å². The van der Waals surface area contributed by atoms with Gasteiger partial charge in [0.05, 0.1) is 5.56 Å². The van der Waals surface area contributed by atoms with E-state index in [1.54, 1.807) is 11.0 Å². The Morgan fingerprint density at radius 2 is 1.77 bits per heavy atom. The van der Waals surface area contributed by atoms with Crippen LogP contribution in [0.25, 0.3) is 11.1 Å². The van der Waals surface area contributed by atoms with Crippen molar-refractivity contribution in [2.45, 2.75) is 64.3 Å². The van der Waals surface area contributed by atoms with Gasteiger partial charge in [-0.3, -0.25) is 9.78 Å². The molecule has 2 aliphatic rings. The molecule has 40 heavy (non-hydrogen) atoms. The Kier molecular flexibility index (Phi) is 7.33. The van der Waals surface area contributed by atoms with Gasteiger partial charge in [0, 0.05) is 49.0 Å². The number of carbonyl (C=O) groups is 2. The number of hydrogen-bond acceptors (Lipinski definition) is 3. The molecule has 210 valence electrons. The van der Waals surface area contributed by atoms with E-state index in [4.69, 9.17) is 0 Å². The van der Waals surface area contributed by atoms with Crippen molar-refractivity contribution in [3.63, 3.8) is 0 Å². The van der Waals surface area contributed by atoms with Gasteiger partial charge >= 0.3 is 12.2 Å². The minimum absolute atomic E-state index is 0.0214. The van der Waals surface area contributed by atoms with Crippen LogP contribution in [-0.4, -0.2) is 33.9 Å². The maximum atomic E-state index is 13.4. The zero-order valence-electron chi connectivity index (χ0n) is 22.8. The highest BCUT2D eigenvalue weighted by atomic mass is 19.4. The van der Waals surface area contributed by atoms with Gasteiger partial charge in [-0.2, -0.15) is 13.2 Å². The van der Waals surface area contributed by atoms with Crippen molar-refractivity contribution in [1.82, 2.24) is 20.5 Å². The van der Waals surface area contributed by atoms with Gasteiger partial charge in [0.25, 0.3) is 0 Å². The van der Waals surface area contributed by atoms with Crippen molar-refractivity contribution in [2.24, 2.45) is 5.92 Å². The Balaban J connectivity index is 1.41. The standard InChI is InChI=1S/C31H33F3N4O2/c1-30(2,3)37-29(40)38-12-11-24-23(21-13-22(17-35-15-21)31(32,33)34)10-9-20(27(24)18-38)16-36-28(39)26-14-25(26)19-7-5-4-6-8-19/h4-10,13,15,17,25-26H,11-12,14,16,18H2,1-3H3,(H,36,39)(H,37,40)/t25-,26?/m0/s1. The molecule has 0 spiro atoms. The molecule has 1 aliphatic carbocycles. The summed E-state index contributed by atoms with van der Waals surface area (Å²) >= 11 is 0. The highest BCUT2D eigenvalue weighted by Crippen LogP contribution is 2.47. The lowest BCUT2D eigenvalue weighted by atomic mass is 9.87. The number of pyridine rings is 1. The molecule has 1 unspecified atom stereocenters. The molecule has 0 saturated heterocycles. The summed E-state index contributed by atoms with van der Waals surface area (Å²) in [5.41, 5.74) is 3.52. The van der Waals surface area contributed by atoms with Gasteiger partial charge in [0.1, 0.15) is 0 Å². The predicted octanol–water partition coefficient (Wildman–Crippen LogP) is 6.05. The Labute approximate surface area is 232 Å². The fourth-order valence-corrected chi connectivity index (χ4v) is 5.36. The summed E-state index contributed by atoms with van der Waals surface area (Å²) in [5, 5.41) is 6.05. The molecule has 1 saturated carbocycles. The summed E-state index contributed by atoms with van der Waals surface area (Å²) < 4.78 is 40.2. The quantitative estimate of drug-likeness (QED) is 0.406. The number of carbonyl (C=O) groups excluding carboxylic acids is 2. The Bertz CT molecular complexity index is 1420. The molecule has 0 radical (unpaired) electrons. The van der Waals surface area contributed by atoms with Crippen LogP contribution in [0, 0.1) is 5.92 Å². The van der Waals surface area contributed by atoms with Crippen molar-refractivity contribution >= 4 is 11.9 Å². The number of rotatable bonds is 5. The maximum Gasteiger partial charge on any atom is 0.417 e. The molecule has 0 bridgehead atoms. The van der Waals surface area contributed by atoms with Crippen molar-refractivity contribution < 1.29 is 22.8 Å². The normalized spacial score (nSPS) is 18.6. The molecule has 2 aromatic carbocycles. The molecule has 1 aromatic heterocycles. The number of benzene rings is 2. The summed E-state index contributed by atoms with van der Waals surface area (Å²) in [6.45, 7) is 6.70. The van der Waals surface area contributed by atoms with Gasteiger partial charge < -0.3 is 15.5 Å².